The van der Waals surface area contributed by atoms with Gasteiger partial charge in [-0.25, -0.2) is 9.48 Å². The Hall–Kier alpha value is -2.81. The van der Waals surface area contributed by atoms with Crippen molar-refractivity contribution in [2.45, 2.75) is 45.2 Å². The Morgan fingerprint density at radius 1 is 1.06 bits per heavy atom. The van der Waals surface area contributed by atoms with Gasteiger partial charge in [-0.05, 0) is 43.2 Å². The van der Waals surface area contributed by atoms with Crippen LogP contribution in [0, 0.1) is 5.41 Å². The maximum absolute atomic E-state index is 13.2. The first kappa shape index (κ1) is 22.4. The van der Waals surface area contributed by atoms with Crippen LogP contribution >= 0.6 is 0 Å². The number of piperidine rings is 1. The lowest BCUT2D eigenvalue weighted by Crippen LogP contribution is -2.43. The second-order valence-electron chi connectivity index (χ2n) is 8.67. The molecule has 1 aromatic carbocycles. The topological polar surface area (TPSA) is 87.8 Å². The molecule has 1 aromatic heterocycles. The number of nitrogens with zero attached hydrogens (tertiary/aromatic N) is 4. The van der Waals surface area contributed by atoms with Crippen LogP contribution in [-0.2, 0) is 24.2 Å². The van der Waals surface area contributed by atoms with Crippen molar-refractivity contribution in [3.8, 4) is 11.5 Å². The van der Waals surface area contributed by atoms with Gasteiger partial charge >= 0.3 is 5.69 Å². The minimum atomic E-state index is -0.0479. The molecule has 0 saturated carbocycles. The van der Waals surface area contributed by atoms with Gasteiger partial charge in [0, 0.05) is 39.2 Å². The van der Waals surface area contributed by atoms with Crippen molar-refractivity contribution < 1.29 is 19.0 Å². The van der Waals surface area contributed by atoms with E-state index < -0.39 is 0 Å². The number of carbonyl (C=O) groups is 1. The Labute approximate surface area is 187 Å². The number of aromatic nitrogens is 3. The maximum atomic E-state index is 13.2. The third-order valence-corrected chi connectivity index (χ3v) is 7.00. The highest BCUT2D eigenvalue weighted by Gasteiger charge is 2.38. The summed E-state index contributed by atoms with van der Waals surface area (Å²) in [5.41, 5.74) is 0.654. The van der Waals surface area contributed by atoms with Gasteiger partial charge in [-0.15, -0.1) is 0 Å². The molecule has 4 rings (SSSR count). The number of amides is 1. The summed E-state index contributed by atoms with van der Waals surface area (Å²) in [6.45, 7) is 3.04. The zero-order valence-corrected chi connectivity index (χ0v) is 19.1. The number of ether oxygens (including phenoxy) is 3. The van der Waals surface area contributed by atoms with E-state index in [1.165, 1.54) is 4.68 Å². The Balaban J connectivity index is 1.41. The highest BCUT2D eigenvalue weighted by atomic mass is 16.5. The first-order valence-corrected chi connectivity index (χ1v) is 11.2. The zero-order chi connectivity index (χ0) is 22.7. The predicted octanol–water partition coefficient (Wildman–Crippen LogP) is 1.97. The number of methoxy groups -OCH3 is 3. The SMILES string of the molecule is COCCn1nc2n(c1=O)CCC1(CC2)CCN(C(=O)c2ccc(OC)cc2OC)CC1. The molecular formula is C23H32N4O5. The number of benzene rings is 1. The van der Waals surface area contributed by atoms with Gasteiger partial charge < -0.3 is 19.1 Å². The standard InChI is InChI=1S/C23H32N4O5/c1-30-15-14-27-22(29)26-13-10-23(7-6-20(26)24-27)8-11-25(12-9-23)21(28)18-5-4-17(31-2)16-19(18)32-3/h4-5,16H,6-15H2,1-3H3. The van der Waals surface area contributed by atoms with E-state index >= 15 is 0 Å². The molecule has 32 heavy (non-hydrogen) atoms. The van der Waals surface area contributed by atoms with E-state index in [0.29, 0.717) is 49.8 Å². The molecule has 0 atom stereocenters. The predicted molar refractivity (Wildman–Crippen MR) is 118 cm³/mol. The molecule has 3 heterocycles. The first-order valence-electron chi connectivity index (χ1n) is 11.2. The third kappa shape index (κ3) is 4.26. The van der Waals surface area contributed by atoms with Crippen LogP contribution in [0.1, 0.15) is 41.9 Å². The van der Waals surface area contributed by atoms with Gasteiger partial charge in [-0.2, -0.15) is 5.10 Å². The molecule has 2 aromatic rings. The summed E-state index contributed by atoms with van der Waals surface area (Å²) in [5, 5.41) is 4.54. The van der Waals surface area contributed by atoms with Crippen LogP contribution < -0.4 is 15.2 Å². The number of aryl methyl sites for hydroxylation is 1. The number of hydrogen-bond acceptors (Lipinski definition) is 6. The Bertz CT molecular complexity index is 1020. The van der Waals surface area contributed by atoms with Crippen molar-refractivity contribution in [3.05, 3.63) is 40.1 Å². The lowest BCUT2D eigenvalue weighted by atomic mass is 9.72. The van der Waals surface area contributed by atoms with Crippen LogP contribution in [0.2, 0.25) is 0 Å². The van der Waals surface area contributed by atoms with Crippen molar-refractivity contribution in [1.82, 2.24) is 19.2 Å². The molecule has 2 aliphatic rings. The lowest BCUT2D eigenvalue weighted by molar-refractivity contribution is 0.0532. The molecule has 0 aliphatic carbocycles. The summed E-state index contributed by atoms with van der Waals surface area (Å²) in [4.78, 5) is 27.8. The van der Waals surface area contributed by atoms with E-state index in [4.69, 9.17) is 14.2 Å². The normalized spacial score (nSPS) is 17.7. The highest BCUT2D eigenvalue weighted by molar-refractivity contribution is 5.97. The fraction of sp³-hybridized carbons (Fsp3) is 0.609. The smallest absolute Gasteiger partial charge is 0.345 e. The van der Waals surface area contributed by atoms with Gasteiger partial charge in [0.2, 0.25) is 0 Å². The van der Waals surface area contributed by atoms with Crippen molar-refractivity contribution in [1.29, 1.82) is 0 Å². The molecule has 0 bridgehead atoms. The number of hydrogen-bond donors (Lipinski definition) is 0. The first-order chi connectivity index (χ1) is 15.5. The number of carbonyl (C=O) groups excluding carboxylic acids is 1. The van der Waals surface area contributed by atoms with Gasteiger partial charge in [0.1, 0.15) is 17.3 Å². The van der Waals surface area contributed by atoms with E-state index in [-0.39, 0.29) is 17.0 Å². The molecule has 9 nitrogen and oxygen atoms in total. The van der Waals surface area contributed by atoms with Crippen LogP contribution in [0.3, 0.4) is 0 Å². The molecule has 1 fully saturated rings. The van der Waals surface area contributed by atoms with Crippen LogP contribution in [0.4, 0.5) is 0 Å². The van der Waals surface area contributed by atoms with E-state index in [9.17, 15) is 9.59 Å². The summed E-state index contributed by atoms with van der Waals surface area (Å²) >= 11 is 0. The largest absolute Gasteiger partial charge is 0.497 e. The Morgan fingerprint density at radius 3 is 2.50 bits per heavy atom. The van der Waals surface area contributed by atoms with Crippen molar-refractivity contribution in [2.24, 2.45) is 5.41 Å². The molecule has 0 unspecified atom stereocenters. The van der Waals surface area contributed by atoms with Gasteiger partial charge in [0.25, 0.3) is 5.91 Å². The number of likely N-dealkylation sites (tertiary alicyclic amines) is 1. The van der Waals surface area contributed by atoms with Crippen molar-refractivity contribution in [2.75, 3.05) is 41.0 Å². The molecule has 1 saturated heterocycles. The second kappa shape index (κ2) is 9.36. The third-order valence-electron chi connectivity index (χ3n) is 7.00. The highest BCUT2D eigenvalue weighted by Crippen LogP contribution is 2.41. The molecule has 174 valence electrons. The minimum Gasteiger partial charge on any atom is -0.497 e. The van der Waals surface area contributed by atoms with E-state index in [1.807, 2.05) is 9.47 Å². The molecule has 0 radical (unpaired) electrons. The van der Waals surface area contributed by atoms with Gasteiger partial charge in [-0.3, -0.25) is 9.36 Å². The molecule has 0 N–H and O–H groups in total. The molecule has 1 amide bonds. The summed E-state index contributed by atoms with van der Waals surface area (Å²) in [6, 6.07) is 5.29. The monoisotopic (exact) mass is 444 g/mol. The lowest BCUT2D eigenvalue weighted by Gasteiger charge is -2.41. The van der Waals surface area contributed by atoms with Crippen LogP contribution in [-0.4, -0.2) is 66.2 Å². The quantitative estimate of drug-likeness (QED) is 0.677. The maximum Gasteiger partial charge on any atom is 0.345 e. The molecule has 2 aliphatic heterocycles. The van der Waals surface area contributed by atoms with Gasteiger partial charge in [0.05, 0.1) is 32.9 Å². The van der Waals surface area contributed by atoms with Crippen molar-refractivity contribution >= 4 is 5.91 Å². The van der Waals surface area contributed by atoms with E-state index in [1.54, 1.807) is 39.5 Å². The second-order valence-corrected chi connectivity index (χ2v) is 8.67. The average molecular weight is 445 g/mol. The zero-order valence-electron chi connectivity index (χ0n) is 19.1. The minimum absolute atomic E-state index is 0.0121. The average Bonchev–Trinajstić information content (AvgIpc) is 3.02. The summed E-state index contributed by atoms with van der Waals surface area (Å²) in [7, 11) is 4.78. The molecule has 9 heteroatoms. The van der Waals surface area contributed by atoms with Crippen LogP contribution in [0.5, 0.6) is 11.5 Å². The summed E-state index contributed by atoms with van der Waals surface area (Å²) in [6.07, 6.45) is 4.57. The summed E-state index contributed by atoms with van der Waals surface area (Å²) < 4.78 is 19.1. The van der Waals surface area contributed by atoms with Crippen LogP contribution in [0.25, 0.3) is 0 Å². The van der Waals surface area contributed by atoms with Crippen LogP contribution in [0.15, 0.2) is 23.0 Å². The number of fused-ring (bicyclic) bond motifs is 1. The Kier molecular flexibility index (Phi) is 6.55. The molecule has 1 spiro atoms. The van der Waals surface area contributed by atoms with E-state index in [0.717, 1.165) is 37.9 Å². The van der Waals surface area contributed by atoms with Crippen molar-refractivity contribution in [3.63, 3.8) is 0 Å². The Morgan fingerprint density at radius 2 is 1.81 bits per heavy atom. The number of rotatable bonds is 6. The molecular weight excluding hydrogens is 412 g/mol. The van der Waals surface area contributed by atoms with Gasteiger partial charge in [0.15, 0.2) is 0 Å². The van der Waals surface area contributed by atoms with E-state index in [2.05, 4.69) is 5.10 Å². The fourth-order valence-electron chi connectivity index (χ4n) is 4.90. The summed E-state index contributed by atoms with van der Waals surface area (Å²) in [5.74, 6) is 2.04. The van der Waals surface area contributed by atoms with Gasteiger partial charge in [-0.1, -0.05) is 0 Å². The fourth-order valence-corrected chi connectivity index (χ4v) is 4.90.